The number of carbonyl (C=O) groups is 2. The monoisotopic (exact) mass is 307 g/mol. The van der Waals surface area contributed by atoms with E-state index in [4.69, 9.17) is 4.74 Å². The lowest BCUT2D eigenvalue weighted by Crippen LogP contribution is -2.52. The maximum absolute atomic E-state index is 12.0. The van der Waals surface area contributed by atoms with Crippen LogP contribution in [0.1, 0.15) is 45.1 Å². The summed E-state index contributed by atoms with van der Waals surface area (Å²) in [5, 5.41) is 12.2. The first-order valence-electron chi connectivity index (χ1n) is 7.74. The number of rotatable bonds is 10. The van der Waals surface area contributed by atoms with Crippen LogP contribution < -0.4 is 5.32 Å². The van der Waals surface area contributed by atoms with Crippen LogP contribution >= 0.6 is 0 Å². The molecule has 0 aliphatic carbocycles. The minimum atomic E-state index is -1.41. The highest BCUT2D eigenvalue weighted by atomic mass is 16.5. The largest absolute Gasteiger partial charge is 0.479 e. The van der Waals surface area contributed by atoms with E-state index < -0.39 is 17.4 Å². The van der Waals surface area contributed by atoms with Crippen LogP contribution in [0.4, 0.5) is 0 Å². The first-order valence-corrected chi connectivity index (χ1v) is 7.74. The molecule has 1 rings (SSSR count). The highest BCUT2D eigenvalue weighted by Crippen LogP contribution is 2.25. The molecule has 1 aromatic rings. The zero-order valence-electron chi connectivity index (χ0n) is 13.3. The molecular weight excluding hydrogens is 282 g/mol. The number of benzene rings is 1. The van der Waals surface area contributed by atoms with E-state index in [1.807, 2.05) is 6.07 Å². The minimum Gasteiger partial charge on any atom is -0.479 e. The third kappa shape index (κ3) is 4.84. The Labute approximate surface area is 131 Å². The smallest absolute Gasteiger partial charge is 0.334 e. The molecule has 0 saturated heterocycles. The van der Waals surface area contributed by atoms with Crippen molar-refractivity contribution in [2.45, 2.75) is 45.1 Å². The van der Waals surface area contributed by atoms with E-state index in [1.54, 1.807) is 31.2 Å². The number of aliphatic carboxylic acids is 1. The molecular formula is C17H25NO4. The van der Waals surface area contributed by atoms with Gasteiger partial charge in [0.15, 0.2) is 5.54 Å². The first kappa shape index (κ1) is 18.2. The summed E-state index contributed by atoms with van der Waals surface area (Å²) >= 11 is 0. The fourth-order valence-corrected chi connectivity index (χ4v) is 2.31. The van der Waals surface area contributed by atoms with Gasteiger partial charge >= 0.3 is 5.97 Å². The third-order valence-electron chi connectivity index (χ3n) is 3.64. The highest BCUT2D eigenvalue weighted by molar-refractivity contribution is 5.88. The van der Waals surface area contributed by atoms with Gasteiger partial charge in [-0.2, -0.15) is 0 Å². The number of ether oxygens (including phenoxy) is 1. The van der Waals surface area contributed by atoms with Crippen LogP contribution in [0.3, 0.4) is 0 Å². The molecule has 0 fully saturated rings. The summed E-state index contributed by atoms with van der Waals surface area (Å²) in [5.74, 6) is -1.48. The topological polar surface area (TPSA) is 75.6 Å². The van der Waals surface area contributed by atoms with Crippen molar-refractivity contribution in [3.8, 4) is 0 Å². The van der Waals surface area contributed by atoms with Crippen molar-refractivity contribution in [2.75, 3.05) is 13.2 Å². The second-order valence-corrected chi connectivity index (χ2v) is 5.24. The second-order valence-electron chi connectivity index (χ2n) is 5.24. The fourth-order valence-electron chi connectivity index (χ4n) is 2.31. The Bertz CT molecular complexity index is 475. The lowest BCUT2D eigenvalue weighted by molar-refractivity contribution is -0.149. The molecule has 0 heterocycles. The van der Waals surface area contributed by atoms with E-state index in [2.05, 4.69) is 12.2 Å². The summed E-state index contributed by atoms with van der Waals surface area (Å²) in [6.45, 7) is 4.23. The molecule has 1 amide bonds. The normalized spacial score (nSPS) is 13.4. The zero-order valence-corrected chi connectivity index (χ0v) is 13.3. The van der Waals surface area contributed by atoms with Gasteiger partial charge in [0.1, 0.15) is 6.61 Å². The maximum atomic E-state index is 12.0. The van der Waals surface area contributed by atoms with Crippen LogP contribution in [0.5, 0.6) is 0 Å². The lowest BCUT2D eigenvalue weighted by Gasteiger charge is -2.30. The van der Waals surface area contributed by atoms with Crippen molar-refractivity contribution in [1.82, 2.24) is 5.32 Å². The zero-order chi connectivity index (χ0) is 16.4. The molecule has 0 aliphatic heterocycles. The molecule has 1 aromatic carbocycles. The van der Waals surface area contributed by atoms with E-state index in [0.717, 1.165) is 19.3 Å². The van der Waals surface area contributed by atoms with Crippen LogP contribution in [0.2, 0.25) is 0 Å². The number of nitrogens with one attached hydrogen (secondary N) is 1. The molecule has 5 nitrogen and oxygen atoms in total. The van der Waals surface area contributed by atoms with Crippen molar-refractivity contribution in [1.29, 1.82) is 0 Å². The summed E-state index contributed by atoms with van der Waals surface area (Å²) < 4.78 is 5.30. The molecule has 5 heteroatoms. The quantitative estimate of drug-likeness (QED) is 0.652. The number of amides is 1. The predicted molar refractivity (Wildman–Crippen MR) is 84.5 cm³/mol. The van der Waals surface area contributed by atoms with Crippen LogP contribution in [0.25, 0.3) is 0 Å². The Morgan fingerprint density at radius 3 is 2.41 bits per heavy atom. The van der Waals surface area contributed by atoms with E-state index in [0.29, 0.717) is 12.2 Å². The van der Waals surface area contributed by atoms with Gasteiger partial charge in [-0.3, -0.25) is 4.79 Å². The minimum absolute atomic E-state index is 0.119. The Balaban J connectivity index is 2.70. The molecule has 2 N–H and O–H groups in total. The van der Waals surface area contributed by atoms with Crippen LogP contribution in [0.15, 0.2) is 30.3 Å². The van der Waals surface area contributed by atoms with Gasteiger partial charge in [0.25, 0.3) is 0 Å². The highest BCUT2D eigenvalue weighted by Gasteiger charge is 2.40. The summed E-state index contributed by atoms with van der Waals surface area (Å²) in [6, 6.07) is 8.75. The average Bonchev–Trinajstić information content (AvgIpc) is 2.53. The van der Waals surface area contributed by atoms with Crippen LogP contribution in [-0.4, -0.2) is 30.2 Å². The second kappa shape index (κ2) is 9.20. The molecule has 1 atom stereocenters. The number of hydrogen-bond acceptors (Lipinski definition) is 3. The Morgan fingerprint density at radius 2 is 1.86 bits per heavy atom. The maximum Gasteiger partial charge on any atom is 0.334 e. The van der Waals surface area contributed by atoms with E-state index in [9.17, 15) is 14.7 Å². The van der Waals surface area contributed by atoms with E-state index in [-0.39, 0.29) is 13.0 Å². The summed E-state index contributed by atoms with van der Waals surface area (Å²) in [5.41, 5.74) is -0.852. The van der Waals surface area contributed by atoms with Crippen molar-refractivity contribution in [3.05, 3.63) is 35.9 Å². The molecule has 1 unspecified atom stereocenters. The van der Waals surface area contributed by atoms with Gasteiger partial charge in [-0.05, 0) is 18.4 Å². The van der Waals surface area contributed by atoms with Gasteiger partial charge in [-0.1, -0.05) is 57.0 Å². The van der Waals surface area contributed by atoms with Crippen molar-refractivity contribution in [2.24, 2.45) is 0 Å². The van der Waals surface area contributed by atoms with Crippen molar-refractivity contribution >= 4 is 11.9 Å². The molecule has 0 aromatic heterocycles. The number of hydrogen-bond donors (Lipinski definition) is 2. The number of carboxylic acid groups (broad SMARTS) is 1. The molecule has 0 saturated carbocycles. The van der Waals surface area contributed by atoms with Gasteiger partial charge in [0, 0.05) is 6.61 Å². The molecule has 0 bridgehead atoms. The van der Waals surface area contributed by atoms with E-state index >= 15 is 0 Å². The SMILES string of the molecule is CCCCCOCC(=O)NC(CC)(C(=O)O)c1ccccc1. The Kier molecular flexibility index (Phi) is 7.60. The lowest BCUT2D eigenvalue weighted by atomic mass is 9.87. The number of unbranched alkanes of at least 4 members (excludes halogenated alkanes) is 2. The number of carboxylic acids is 1. The summed E-state index contributed by atoms with van der Waals surface area (Å²) in [4.78, 5) is 23.8. The first-order chi connectivity index (χ1) is 10.6. The van der Waals surface area contributed by atoms with Gasteiger partial charge in [-0.15, -0.1) is 0 Å². The molecule has 0 spiro atoms. The van der Waals surface area contributed by atoms with Crippen molar-refractivity contribution < 1.29 is 19.4 Å². The van der Waals surface area contributed by atoms with Crippen LogP contribution in [-0.2, 0) is 19.9 Å². The Hall–Kier alpha value is -1.88. The van der Waals surface area contributed by atoms with Gasteiger partial charge < -0.3 is 15.2 Å². The Morgan fingerprint density at radius 1 is 1.18 bits per heavy atom. The molecule has 22 heavy (non-hydrogen) atoms. The third-order valence-corrected chi connectivity index (χ3v) is 3.64. The molecule has 122 valence electrons. The van der Waals surface area contributed by atoms with Crippen LogP contribution in [0, 0.1) is 0 Å². The molecule has 0 aliphatic rings. The van der Waals surface area contributed by atoms with Crippen molar-refractivity contribution in [3.63, 3.8) is 0 Å². The summed E-state index contributed by atoms with van der Waals surface area (Å²) in [6.07, 6.45) is 3.30. The van der Waals surface area contributed by atoms with Gasteiger partial charge in [-0.25, -0.2) is 4.79 Å². The fraction of sp³-hybridized carbons (Fsp3) is 0.529. The molecule has 0 radical (unpaired) electrons. The summed E-state index contributed by atoms with van der Waals surface area (Å²) in [7, 11) is 0. The van der Waals surface area contributed by atoms with Gasteiger partial charge in [0.05, 0.1) is 0 Å². The average molecular weight is 307 g/mol. The van der Waals surface area contributed by atoms with Gasteiger partial charge in [0.2, 0.25) is 5.91 Å². The standard InChI is InChI=1S/C17H25NO4/c1-3-5-9-12-22-13-15(19)18-17(4-2,16(20)21)14-10-7-6-8-11-14/h6-8,10-11H,3-5,9,12-13H2,1-2H3,(H,18,19)(H,20,21). The number of carbonyl (C=O) groups excluding carboxylic acids is 1. The predicted octanol–water partition coefficient (Wildman–Crippen LogP) is 2.70. The van der Waals surface area contributed by atoms with E-state index in [1.165, 1.54) is 0 Å².